The second-order valence-electron chi connectivity index (χ2n) is 4.27. The summed E-state index contributed by atoms with van der Waals surface area (Å²) in [5, 5.41) is 10.8. The maximum absolute atomic E-state index is 13.7. The molecule has 0 saturated carbocycles. The maximum Gasteiger partial charge on any atom is 0.335 e. The van der Waals surface area contributed by atoms with Gasteiger partial charge in [-0.05, 0) is 18.2 Å². The van der Waals surface area contributed by atoms with Gasteiger partial charge < -0.3 is 5.11 Å². The summed E-state index contributed by atoms with van der Waals surface area (Å²) in [6.07, 6.45) is 3.55. The van der Waals surface area contributed by atoms with Crippen LogP contribution < -0.4 is 0 Å². The molecule has 0 aliphatic heterocycles. The van der Waals surface area contributed by atoms with E-state index in [2.05, 4.69) is 4.98 Å². The van der Waals surface area contributed by atoms with Crippen LogP contribution >= 0.6 is 11.3 Å². The number of fused-ring (bicyclic) bond motifs is 1. The molecule has 1 aromatic carbocycles. The Morgan fingerprint density at radius 1 is 1.48 bits per heavy atom. The lowest BCUT2D eigenvalue weighted by Gasteiger charge is -2.03. The van der Waals surface area contributed by atoms with E-state index in [-0.39, 0.29) is 16.2 Å². The highest BCUT2D eigenvalue weighted by Crippen LogP contribution is 2.19. The number of thiazole rings is 1. The molecule has 0 fully saturated rings. The number of imidazole rings is 1. The lowest BCUT2D eigenvalue weighted by atomic mass is 10.2. The Bertz CT molecular complexity index is 828. The molecule has 1 unspecified atom stereocenters. The zero-order chi connectivity index (χ0) is 15.0. The fourth-order valence-electron chi connectivity index (χ4n) is 1.87. The third kappa shape index (κ3) is 2.72. The second-order valence-corrected chi connectivity index (χ2v) is 6.56. The van der Waals surface area contributed by atoms with Crippen LogP contribution in [0.5, 0.6) is 0 Å². The fourth-order valence-corrected chi connectivity index (χ4v) is 3.69. The largest absolute Gasteiger partial charge is 0.478 e. The number of carboxylic acid groups (broad SMARTS) is 1. The Morgan fingerprint density at radius 3 is 3.00 bits per heavy atom. The first-order valence-corrected chi connectivity index (χ1v) is 8.07. The van der Waals surface area contributed by atoms with E-state index in [0.29, 0.717) is 5.69 Å². The van der Waals surface area contributed by atoms with E-state index in [9.17, 15) is 13.4 Å². The molecule has 3 rings (SSSR count). The van der Waals surface area contributed by atoms with Gasteiger partial charge in [-0.25, -0.2) is 14.2 Å². The summed E-state index contributed by atoms with van der Waals surface area (Å²) < 4.78 is 27.8. The Kier molecular flexibility index (Phi) is 3.56. The van der Waals surface area contributed by atoms with Crippen molar-refractivity contribution in [3.05, 3.63) is 53.0 Å². The van der Waals surface area contributed by atoms with Gasteiger partial charge >= 0.3 is 5.97 Å². The summed E-state index contributed by atoms with van der Waals surface area (Å²) >= 11 is 1.44. The fraction of sp³-hybridized carbons (Fsp3) is 0.0769. The van der Waals surface area contributed by atoms with Crippen molar-refractivity contribution in [1.29, 1.82) is 0 Å². The average Bonchev–Trinajstić information content (AvgIpc) is 2.99. The molecule has 0 amide bonds. The number of hydrogen-bond donors (Lipinski definition) is 1. The summed E-state index contributed by atoms with van der Waals surface area (Å²) in [5.41, 5.74) is 0.478. The monoisotopic (exact) mass is 324 g/mol. The molecule has 21 heavy (non-hydrogen) atoms. The third-order valence-corrected chi connectivity index (χ3v) is 4.98. The first kappa shape index (κ1) is 13.9. The molecule has 0 spiro atoms. The number of halogens is 1. The third-order valence-electron chi connectivity index (χ3n) is 2.85. The van der Waals surface area contributed by atoms with E-state index in [4.69, 9.17) is 5.11 Å². The lowest BCUT2D eigenvalue weighted by molar-refractivity contribution is 0.0696. The molecule has 0 radical (unpaired) electrons. The number of hydrogen-bond acceptors (Lipinski definition) is 4. The predicted octanol–water partition coefficient (Wildman–Crippen LogP) is 2.54. The van der Waals surface area contributed by atoms with Gasteiger partial charge in [0.2, 0.25) is 0 Å². The molecular formula is C13H9FN2O3S2. The molecule has 0 bridgehead atoms. The predicted molar refractivity (Wildman–Crippen MR) is 76.5 cm³/mol. The van der Waals surface area contributed by atoms with Crippen LogP contribution in [0.1, 0.15) is 16.1 Å². The minimum Gasteiger partial charge on any atom is -0.478 e. The van der Waals surface area contributed by atoms with Gasteiger partial charge in [-0.1, -0.05) is 0 Å². The Balaban J connectivity index is 1.89. The molecule has 0 aliphatic rings. The summed E-state index contributed by atoms with van der Waals surface area (Å²) in [6, 6.07) is 3.26. The van der Waals surface area contributed by atoms with E-state index in [0.717, 1.165) is 23.2 Å². The summed E-state index contributed by atoms with van der Waals surface area (Å²) in [4.78, 5) is 15.8. The zero-order valence-electron chi connectivity index (χ0n) is 10.5. The van der Waals surface area contributed by atoms with E-state index >= 15 is 0 Å². The van der Waals surface area contributed by atoms with E-state index in [1.807, 2.05) is 11.6 Å². The average molecular weight is 324 g/mol. The molecule has 5 nitrogen and oxygen atoms in total. The van der Waals surface area contributed by atoms with Crippen molar-refractivity contribution >= 4 is 33.1 Å². The molecule has 8 heteroatoms. The highest BCUT2D eigenvalue weighted by atomic mass is 32.2. The lowest BCUT2D eigenvalue weighted by Crippen LogP contribution is -2.03. The van der Waals surface area contributed by atoms with Gasteiger partial charge in [0.15, 0.2) is 4.96 Å². The summed E-state index contributed by atoms with van der Waals surface area (Å²) in [6.45, 7) is 0. The van der Waals surface area contributed by atoms with Crippen LogP contribution in [0, 0.1) is 5.82 Å². The van der Waals surface area contributed by atoms with Gasteiger partial charge in [0, 0.05) is 17.8 Å². The van der Waals surface area contributed by atoms with Crippen LogP contribution in [-0.2, 0) is 16.6 Å². The van der Waals surface area contributed by atoms with Crippen molar-refractivity contribution in [3.63, 3.8) is 0 Å². The molecule has 108 valence electrons. The van der Waals surface area contributed by atoms with Crippen molar-refractivity contribution in [2.24, 2.45) is 0 Å². The van der Waals surface area contributed by atoms with Gasteiger partial charge in [-0.3, -0.25) is 8.61 Å². The van der Waals surface area contributed by atoms with Gasteiger partial charge in [0.25, 0.3) is 0 Å². The second kappa shape index (κ2) is 5.38. The minimum absolute atomic E-state index is 0.0361. The van der Waals surface area contributed by atoms with Gasteiger partial charge in [0.05, 0.1) is 32.7 Å². The molecule has 0 aliphatic carbocycles. The smallest absolute Gasteiger partial charge is 0.335 e. The van der Waals surface area contributed by atoms with Crippen molar-refractivity contribution in [2.75, 3.05) is 0 Å². The van der Waals surface area contributed by atoms with Gasteiger partial charge in [-0.2, -0.15) is 0 Å². The van der Waals surface area contributed by atoms with Crippen LogP contribution in [0.2, 0.25) is 0 Å². The van der Waals surface area contributed by atoms with E-state index in [1.165, 1.54) is 11.3 Å². The molecule has 3 aromatic rings. The number of rotatable bonds is 4. The first-order chi connectivity index (χ1) is 10.0. The van der Waals surface area contributed by atoms with Crippen LogP contribution in [0.3, 0.4) is 0 Å². The van der Waals surface area contributed by atoms with Crippen LogP contribution in [0.25, 0.3) is 4.96 Å². The van der Waals surface area contributed by atoms with E-state index < -0.39 is 22.6 Å². The first-order valence-electron chi connectivity index (χ1n) is 5.87. The number of carboxylic acids is 1. The molecule has 2 heterocycles. The SMILES string of the molecule is O=C(O)c1ccc(F)c(S(=O)Cc2cn3ccsc3n2)c1. The highest BCUT2D eigenvalue weighted by molar-refractivity contribution is 7.84. The molecule has 0 saturated heterocycles. The summed E-state index contributed by atoms with van der Waals surface area (Å²) in [5.74, 6) is -1.83. The number of benzene rings is 1. The van der Waals surface area contributed by atoms with Crippen molar-refractivity contribution in [1.82, 2.24) is 9.38 Å². The number of aromatic nitrogens is 2. The molecule has 2 aromatic heterocycles. The normalized spacial score (nSPS) is 12.6. The molecule has 1 atom stereocenters. The number of nitrogens with zero attached hydrogens (tertiary/aromatic N) is 2. The maximum atomic E-state index is 13.7. The van der Waals surface area contributed by atoms with Gasteiger partial charge in [-0.15, -0.1) is 11.3 Å². The topological polar surface area (TPSA) is 71.7 Å². The standard InChI is InChI=1S/C13H9FN2O3S2/c14-10-2-1-8(12(17)18)5-11(10)21(19)7-9-6-16-3-4-20-13(16)15-9/h1-6H,7H2,(H,17,18). The summed E-state index contributed by atoms with van der Waals surface area (Å²) in [7, 11) is -1.69. The van der Waals surface area contributed by atoms with Crippen LogP contribution in [-0.4, -0.2) is 24.7 Å². The zero-order valence-corrected chi connectivity index (χ0v) is 12.2. The Hall–Kier alpha value is -2.06. The minimum atomic E-state index is -1.69. The van der Waals surface area contributed by atoms with Crippen LogP contribution in [0.15, 0.2) is 40.9 Å². The number of aromatic carboxylic acids is 1. The molecule has 1 N–H and O–H groups in total. The Labute approximate surface area is 125 Å². The quantitative estimate of drug-likeness (QED) is 0.800. The van der Waals surface area contributed by atoms with E-state index in [1.54, 1.807) is 10.6 Å². The van der Waals surface area contributed by atoms with Gasteiger partial charge in [0.1, 0.15) is 5.82 Å². The van der Waals surface area contributed by atoms with Crippen molar-refractivity contribution < 1.29 is 18.5 Å². The highest BCUT2D eigenvalue weighted by Gasteiger charge is 2.16. The Morgan fingerprint density at radius 2 is 2.29 bits per heavy atom. The molecular weight excluding hydrogens is 315 g/mol. The van der Waals surface area contributed by atoms with Crippen molar-refractivity contribution in [2.45, 2.75) is 10.6 Å². The van der Waals surface area contributed by atoms with Crippen LogP contribution in [0.4, 0.5) is 4.39 Å². The number of carbonyl (C=O) groups is 1. The van der Waals surface area contributed by atoms with Crippen molar-refractivity contribution in [3.8, 4) is 0 Å².